The van der Waals surface area contributed by atoms with Crippen molar-refractivity contribution in [3.63, 3.8) is 0 Å². The van der Waals surface area contributed by atoms with E-state index in [2.05, 4.69) is 15.3 Å². The highest BCUT2D eigenvalue weighted by molar-refractivity contribution is 7.98. The van der Waals surface area contributed by atoms with Gasteiger partial charge in [0.1, 0.15) is 16.7 Å². The second-order valence-electron chi connectivity index (χ2n) is 3.33. The molecule has 1 heterocycles. The lowest BCUT2D eigenvalue weighted by atomic mass is 10.4. The van der Waals surface area contributed by atoms with Gasteiger partial charge in [0.05, 0.1) is 0 Å². The van der Waals surface area contributed by atoms with Gasteiger partial charge in [-0.15, -0.1) is 11.8 Å². The lowest BCUT2D eigenvalue weighted by Crippen LogP contribution is -2.17. The number of rotatable bonds is 3. The van der Waals surface area contributed by atoms with Crippen molar-refractivity contribution in [2.45, 2.75) is 23.9 Å². The smallest absolute Gasteiger partial charge is 0.271 e. The van der Waals surface area contributed by atoms with Gasteiger partial charge in [0.15, 0.2) is 0 Å². The molecule has 0 saturated heterocycles. The Morgan fingerprint density at radius 1 is 1.67 bits per heavy atom. The van der Waals surface area contributed by atoms with E-state index in [0.717, 1.165) is 12.8 Å². The first kappa shape index (κ1) is 10.1. The number of nitrogens with zero attached hydrogens (tertiary/aromatic N) is 2. The monoisotopic (exact) mass is 222 g/mol. The molecule has 0 bridgehead atoms. The van der Waals surface area contributed by atoms with Crippen LogP contribution in [0.1, 0.15) is 18.4 Å². The highest BCUT2D eigenvalue weighted by Crippen LogP contribution is 2.23. The quantitative estimate of drug-likeness (QED) is 0.587. The lowest BCUT2D eigenvalue weighted by Gasteiger charge is -2.05. The largest absolute Gasteiger partial charge is 0.353 e. The standard InChI is InChI=1S/C9H10N4OS/c1-15-8-6(4-10)7(14)12-9(13-8)11-5-2-3-5/h5H,2-3H2,1H3,(H2,11,12,13,14). The first-order chi connectivity index (χ1) is 7.24. The van der Waals surface area contributed by atoms with Crippen molar-refractivity contribution in [3.05, 3.63) is 15.9 Å². The molecule has 5 nitrogen and oxygen atoms in total. The predicted molar refractivity (Wildman–Crippen MR) is 58.0 cm³/mol. The molecule has 1 aromatic heterocycles. The molecule has 0 aromatic carbocycles. The molecule has 0 radical (unpaired) electrons. The van der Waals surface area contributed by atoms with Crippen LogP contribution in [0.3, 0.4) is 0 Å². The van der Waals surface area contributed by atoms with Crippen LogP contribution in [-0.4, -0.2) is 22.3 Å². The molecule has 1 aliphatic rings. The second kappa shape index (κ2) is 3.95. The Hall–Kier alpha value is -1.48. The number of anilines is 1. The van der Waals surface area contributed by atoms with E-state index in [1.165, 1.54) is 11.8 Å². The van der Waals surface area contributed by atoms with Gasteiger partial charge in [-0.3, -0.25) is 9.78 Å². The molecule has 6 heteroatoms. The van der Waals surface area contributed by atoms with Crippen LogP contribution in [0, 0.1) is 11.3 Å². The van der Waals surface area contributed by atoms with Crippen molar-refractivity contribution in [2.75, 3.05) is 11.6 Å². The highest BCUT2D eigenvalue weighted by Gasteiger charge is 2.22. The van der Waals surface area contributed by atoms with E-state index in [1.807, 2.05) is 6.07 Å². The van der Waals surface area contributed by atoms with Crippen LogP contribution in [0.2, 0.25) is 0 Å². The summed E-state index contributed by atoms with van der Waals surface area (Å²) in [6.07, 6.45) is 4.01. The molecule has 2 N–H and O–H groups in total. The van der Waals surface area contributed by atoms with E-state index in [1.54, 1.807) is 6.26 Å². The summed E-state index contributed by atoms with van der Waals surface area (Å²) in [6.45, 7) is 0. The number of aromatic nitrogens is 2. The van der Waals surface area contributed by atoms with Crippen molar-refractivity contribution in [1.82, 2.24) is 9.97 Å². The van der Waals surface area contributed by atoms with Crippen LogP contribution in [0.5, 0.6) is 0 Å². The first-order valence-electron chi connectivity index (χ1n) is 4.59. The van der Waals surface area contributed by atoms with Crippen LogP contribution < -0.4 is 10.9 Å². The van der Waals surface area contributed by atoms with Crippen LogP contribution in [0.25, 0.3) is 0 Å². The SMILES string of the molecule is CSc1nc(NC2CC2)[nH]c(=O)c1C#N. The van der Waals surface area contributed by atoms with Crippen LogP contribution in [-0.2, 0) is 0 Å². The maximum Gasteiger partial charge on any atom is 0.271 e. The molecular weight excluding hydrogens is 212 g/mol. The molecule has 0 amide bonds. The van der Waals surface area contributed by atoms with E-state index in [0.29, 0.717) is 17.0 Å². The minimum Gasteiger partial charge on any atom is -0.353 e. The van der Waals surface area contributed by atoms with Crippen LogP contribution >= 0.6 is 11.8 Å². The first-order valence-corrected chi connectivity index (χ1v) is 5.82. The van der Waals surface area contributed by atoms with Crippen molar-refractivity contribution >= 4 is 17.7 Å². The van der Waals surface area contributed by atoms with Gasteiger partial charge in [-0.2, -0.15) is 5.26 Å². The van der Waals surface area contributed by atoms with Gasteiger partial charge in [-0.05, 0) is 19.1 Å². The fourth-order valence-electron chi connectivity index (χ4n) is 1.19. The Morgan fingerprint density at radius 3 is 2.93 bits per heavy atom. The molecular formula is C9H10N4OS. The summed E-state index contributed by atoms with van der Waals surface area (Å²) in [5.74, 6) is 0.464. The van der Waals surface area contributed by atoms with Gasteiger partial charge in [0.2, 0.25) is 5.95 Å². The third-order valence-electron chi connectivity index (χ3n) is 2.11. The molecule has 1 aliphatic carbocycles. The van der Waals surface area contributed by atoms with E-state index in [9.17, 15) is 4.79 Å². The van der Waals surface area contributed by atoms with Gasteiger partial charge in [-0.25, -0.2) is 4.98 Å². The third-order valence-corrected chi connectivity index (χ3v) is 2.79. The summed E-state index contributed by atoms with van der Waals surface area (Å²) in [5, 5.41) is 12.3. The van der Waals surface area contributed by atoms with Gasteiger partial charge in [-0.1, -0.05) is 0 Å². The number of aromatic amines is 1. The zero-order valence-electron chi connectivity index (χ0n) is 8.20. The van der Waals surface area contributed by atoms with Crippen LogP contribution in [0.15, 0.2) is 9.82 Å². The molecule has 2 rings (SSSR count). The van der Waals surface area contributed by atoms with Crippen molar-refractivity contribution in [3.8, 4) is 6.07 Å². The Balaban J connectivity index is 2.38. The van der Waals surface area contributed by atoms with E-state index in [-0.39, 0.29) is 11.1 Å². The van der Waals surface area contributed by atoms with Gasteiger partial charge in [0, 0.05) is 6.04 Å². The third kappa shape index (κ3) is 2.13. The molecule has 0 spiro atoms. The number of hydrogen-bond donors (Lipinski definition) is 2. The second-order valence-corrected chi connectivity index (χ2v) is 4.12. The summed E-state index contributed by atoms with van der Waals surface area (Å²) in [5.41, 5.74) is -0.288. The molecule has 1 fully saturated rings. The fourth-order valence-corrected chi connectivity index (χ4v) is 1.71. The van der Waals surface area contributed by atoms with E-state index >= 15 is 0 Å². The van der Waals surface area contributed by atoms with Gasteiger partial charge < -0.3 is 5.32 Å². The lowest BCUT2D eigenvalue weighted by molar-refractivity contribution is 0.964. The van der Waals surface area contributed by atoms with Gasteiger partial charge in [0.25, 0.3) is 5.56 Å². The minimum absolute atomic E-state index is 0.0869. The number of nitrogens with one attached hydrogen (secondary N) is 2. The van der Waals surface area contributed by atoms with E-state index in [4.69, 9.17) is 5.26 Å². The summed E-state index contributed by atoms with van der Waals surface area (Å²) < 4.78 is 0. The number of nitriles is 1. The highest BCUT2D eigenvalue weighted by atomic mass is 32.2. The summed E-state index contributed by atoms with van der Waals surface area (Å²) in [4.78, 5) is 18.2. The molecule has 0 atom stereocenters. The Labute approximate surface area is 90.9 Å². The number of thioether (sulfide) groups is 1. The fraction of sp³-hybridized carbons (Fsp3) is 0.444. The average molecular weight is 222 g/mol. The molecule has 1 saturated carbocycles. The van der Waals surface area contributed by atoms with Crippen molar-refractivity contribution < 1.29 is 0 Å². The van der Waals surface area contributed by atoms with Gasteiger partial charge >= 0.3 is 0 Å². The Morgan fingerprint density at radius 2 is 2.40 bits per heavy atom. The molecule has 15 heavy (non-hydrogen) atoms. The molecule has 0 unspecified atom stereocenters. The Bertz CT molecular complexity index is 472. The maximum atomic E-state index is 11.5. The summed E-state index contributed by atoms with van der Waals surface area (Å²) in [6, 6.07) is 2.28. The summed E-state index contributed by atoms with van der Waals surface area (Å²) in [7, 11) is 0. The number of hydrogen-bond acceptors (Lipinski definition) is 5. The van der Waals surface area contributed by atoms with Crippen molar-refractivity contribution in [2.24, 2.45) is 0 Å². The zero-order valence-corrected chi connectivity index (χ0v) is 9.02. The van der Waals surface area contributed by atoms with Crippen molar-refractivity contribution in [1.29, 1.82) is 5.26 Å². The zero-order chi connectivity index (χ0) is 10.8. The average Bonchev–Trinajstić information content (AvgIpc) is 3.00. The predicted octanol–water partition coefficient (Wildman–Crippen LogP) is 0.938. The minimum atomic E-state index is -0.375. The molecule has 78 valence electrons. The van der Waals surface area contributed by atoms with Crippen LogP contribution in [0.4, 0.5) is 5.95 Å². The van der Waals surface area contributed by atoms with E-state index < -0.39 is 0 Å². The summed E-state index contributed by atoms with van der Waals surface area (Å²) >= 11 is 1.30. The molecule has 1 aromatic rings. The Kier molecular flexibility index (Phi) is 2.64. The normalized spacial score (nSPS) is 14.7. The maximum absolute atomic E-state index is 11.5. The molecule has 0 aliphatic heterocycles. The topological polar surface area (TPSA) is 81.6 Å². The number of H-pyrrole nitrogens is 1.